The number of esters is 3. The number of hydrogen-bond acceptors (Lipinski definition) is 26. The Hall–Kier alpha value is -8.78. The van der Waals surface area contributed by atoms with Crippen LogP contribution in [0.1, 0.15) is 316 Å². The lowest BCUT2D eigenvalue weighted by Gasteiger charge is -2.30. The van der Waals surface area contributed by atoms with Crippen LogP contribution in [0.3, 0.4) is 0 Å². The standard InChI is InChI=1S/C19H28O4.C19H26O4.C18H27NO4.C17H24O3.C14H20O4S.C10H12O2.C4H8O.C2H6O.CH3Cl.H2N2.H2O.H2/c2*1-3-7-18(21)15-9-6-10-17(12-15)22-13-16-8-4-5-11-19(16)23-14(2)20;1-13(20)23-18-8-3-2-5-15(18)12-22-16-7-4-6-14(11-16)17(21)9-10-19;1-2-6-16(18)13-8-5-9-15(11-13)20-12-14-7-3-4-10-17(14)19;1-11-6-8-13(9-7-11)19(16,17)18-10-12-4-2-3-5-14(12)15;1-2-4-10(12)8-5-3-6-9(11)7-8;1-2-4-5-3-1;1-2-3;2*1-2;;/h6,9-10,12,16,18-19,21H,3-5,7-8,11,13H2,1-2H3;6,9-10,12,16,19H,3-5,7-8,11,13H2,1-2H3;4,6-7,11,15,17-18,21H,2-3,5,8-10,12,19H2,1H3;5,8-9,11,14,17,19H,2-4,6-7,10,12H2,1H3;6-9,12,14-15H,2-5,10H2,1H3;3,5-7,11H,2,4H2,1H3;1-4H2;3H,2H2,1H3;1H3;1-2H;1H2;1H/t16-,18+,19+;16-,19+;15-,17+,18+;14-,17+;12-,14+;;;;;;;/m00000......./s1. The van der Waals surface area contributed by atoms with E-state index in [0.29, 0.717) is 81.1 Å². The summed E-state index contributed by atoms with van der Waals surface area (Å²) in [5, 5.41) is 56.5. The van der Waals surface area contributed by atoms with Crippen molar-refractivity contribution in [3.05, 3.63) is 179 Å². The second-order valence-electron chi connectivity index (χ2n) is 33.9. The summed E-state index contributed by atoms with van der Waals surface area (Å²) in [6.07, 6.45) is 28.9. The number of phenolic OH excluding ortho intramolecular Hbond substituents is 1. The van der Waals surface area contributed by atoms with Gasteiger partial charge in [0.25, 0.3) is 10.1 Å². The Labute approximate surface area is 798 Å². The number of aromatic hydroxyl groups is 1. The molecule has 12 rings (SSSR count). The summed E-state index contributed by atoms with van der Waals surface area (Å²) in [4.78, 5) is 68.9. The zero-order valence-corrected chi connectivity index (χ0v) is 82.1. The van der Waals surface area contributed by atoms with Crippen molar-refractivity contribution >= 4 is 57.0 Å². The van der Waals surface area contributed by atoms with Crippen LogP contribution in [0.15, 0.2) is 150 Å². The predicted molar refractivity (Wildman–Crippen MR) is 521 cm³/mol. The molecule has 748 valence electrons. The molecule has 6 aromatic carbocycles. The van der Waals surface area contributed by atoms with E-state index in [1.165, 1.54) is 52.5 Å². The van der Waals surface area contributed by atoms with Crippen molar-refractivity contribution in [2.45, 2.75) is 309 Å². The third kappa shape index (κ3) is 50.0. The minimum absolute atomic E-state index is 0. The maximum atomic E-state index is 12.0. The first-order chi connectivity index (χ1) is 63.6. The van der Waals surface area contributed by atoms with Crippen LogP contribution in [0.2, 0.25) is 0 Å². The van der Waals surface area contributed by atoms with Crippen molar-refractivity contribution in [1.82, 2.24) is 0 Å². The fraction of sp³-hybridized carbons (Fsp3) is 0.596. The maximum Gasteiger partial charge on any atom is 0.302 e. The molecule has 0 spiro atoms. The number of benzene rings is 6. The summed E-state index contributed by atoms with van der Waals surface area (Å²) in [5.74, 6) is 3.65. The van der Waals surface area contributed by atoms with Crippen LogP contribution >= 0.6 is 11.6 Å². The van der Waals surface area contributed by atoms with Gasteiger partial charge in [-0.15, -0.1) is 11.6 Å². The van der Waals surface area contributed by atoms with Crippen molar-refractivity contribution < 1.29 is 117 Å². The number of aliphatic hydroxyl groups is 5. The molecule has 29 heteroatoms. The fourth-order valence-electron chi connectivity index (χ4n) is 15.9. The van der Waals surface area contributed by atoms with Crippen LogP contribution in [0.5, 0.6) is 28.7 Å². The van der Waals surface area contributed by atoms with Gasteiger partial charge in [-0.25, -0.2) is 11.1 Å². The van der Waals surface area contributed by atoms with E-state index in [2.05, 4.69) is 18.5 Å². The lowest BCUT2D eigenvalue weighted by Crippen LogP contribution is -2.33. The number of Topliss-reactive ketones (excluding diaryl/α,β-unsaturated/α-hetero) is 3. The molecule has 0 bridgehead atoms. The Kier molecular flexibility index (Phi) is 64.8. The number of phenols is 1. The predicted octanol–water partition coefficient (Wildman–Crippen LogP) is 20.7. The minimum atomic E-state index is -3.71. The monoisotopic (exact) mass is 1900 g/mol. The van der Waals surface area contributed by atoms with Gasteiger partial charge in [-0.3, -0.25) is 33.0 Å². The Bertz CT molecular complexity index is 4180. The highest BCUT2D eigenvalue weighted by molar-refractivity contribution is 7.86. The molecule has 0 aromatic heterocycles. The molecule has 12 N–H and O–H groups in total. The number of ether oxygens (including phenoxy) is 8. The fourth-order valence-corrected chi connectivity index (χ4v) is 16.9. The van der Waals surface area contributed by atoms with Gasteiger partial charge >= 0.3 is 17.9 Å². The number of ketones is 3. The van der Waals surface area contributed by atoms with Gasteiger partial charge in [-0.1, -0.05) is 157 Å². The molecule has 6 aromatic rings. The molecule has 0 amide bonds. The molecule has 1 heterocycles. The van der Waals surface area contributed by atoms with E-state index in [0.717, 1.165) is 201 Å². The lowest BCUT2D eigenvalue weighted by molar-refractivity contribution is -0.152. The number of carbonyl (C=O) groups is 6. The van der Waals surface area contributed by atoms with Gasteiger partial charge in [0.2, 0.25) is 0 Å². The summed E-state index contributed by atoms with van der Waals surface area (Å²) >= 11 is 4.64. The van der Waals surface area contributed by atoms with Gasteiger partial charge in [0.1, 0.15) is 47.1 Å². The van der Waals surface area contributed by atoms with E-state index in [9.17, 15) is 57.6 Å². The molecule has 1 aliphatic heterocycles. The number of nitrogens with two attached hydrogens (primary N) is 1. The quantitative estimate of drug-likeness (QED) is 0.00452. The van der Waals surface area contributed by atoms with E-state index < -0.39 is 28.4 Å². The molecule has 5 saturated carbocycles. The van der Waals surface area contributed by atoms with E-state index >= 15 is 0 Å². The van der Waals surface area contributed by atoms with Crippen molar-refractivity contribution in [3.8, 4) is 28.7 Å². The minimum Gasteiger partial charge on any atom is -0.508 e. The molecule has 12 atom stereocenters. The zero-order valence-electron chi connectivity index (χ0n) is 80.6. The zero-order chi connectivity index (χ0) is 97.4. The molecule has 0 unspecified atom stereocenters. The highest BCUT2D eigenvalue weighted by atomic mass is 35.5. The molecular weight excluding hydrogens is 1740 g/mol. The van der Waals surface area contributed by atoms with Crippen LogP contribution in [0.4, 0.5) is 0 Å². The van der Waals surface area contributed by atoms with E-state index in [1.807, 2.05) is 125 Å². The average molecular weight is 1900 g/mol. The normalized spacial score (nSPS) is 20.2. The van der Waals surface area contributed by atoms with Gasteiger partial charge in [0.15, 0.2) is 17.3 Å². The van der Waals surface area contributed by atoms with Crippen LogP contribution in [0, 0.1) is 47.6 Å². The van der Waals surface area contributed by atoms with Crippen LogP contribution in [0.25, 0.3) is 0 Å². The van der Waals surface area contributed by atoms with Gasteiger partial charge in [0.05, 0.1) is 62.3 Å². The Morgan fingerprint density at radius 2 is 0.759 bits per heavy atom. The number of aliphatic hydroxyl groups excluding tert-OH is 5. The summed E-state index contributed by atoms with van der Waals surface area (Å²) in [6.45, 7) is 20.8. The largest absolute Gasteiger partial charge is 0.508 e. The van der Waals surface area contributed by atoms with E-state index in [4.69, 9.17) is 69.1 Å². The van der Waals surface area contributed by atoms with Crippen LogP contribution < -0.4 is 24.7 Å². The molecule has 6 fully saturated rings. The molecule has 6 aliphatic rings. The first-order valence-electron chi connectivity index (χ1n) is 47.7. The molecular formula is C104H160ClN3O24S. The number of rotatable bonds is 34. The second kappa shape index (κ2) is 71.7. The Morgan fingerprint density at radius 1 is 0.444 bits per heavy atom. The number of carbonyl (C=O) groups excluding carboxylic acids is 6. The summed E-state index contributed by atoms with van der Waals surface area (Å²) in [5.41, 5.74) is 20.2. The number of aryl methyl sites for hydroxylation is 1. The topological polar surface area (TPSA) is 446 Å². The average Bonchev–Trinajstić information content (AvgIpc) is 0.925. The van der Waals surface area contributed by atoms with Gasteiger partial charge in [-0.05, 0) is 233 Å². The first kappa shape index (κ1) is 120. The van der Waals surface area contributed by atoms with Crippen LogP contribution in [-0.4, -0.2) is 176 Å². The van der Waals surface area contributed by atoms with Gasteiger partial charge in [0, 0.05) is 114 Å². The van der Waals surface area contributed by atoms with E-state index in [1.54, 1.807) is 49.4 Å². The van der Waals surface area contributed by atoms with Crippen molar-refractivity contribution in [3.63, 3.8) is 0 Å². The van der Waals surface area contributed by atoms with Gasteiger partial charge < -0.3 is 79.7 Å². The van der Waals surface area contributed by atoms with E-state index in [-0.39, 0.29) is 120 Å². The third-order valence-electron chi connectivity index (χ3n) is 23.0. The third-order valence-corrected chi connectivity index (χ3v) is 24.3. The molecule has 5 aliphatic carbocycles. The smallest absolute Gasteiger partial charge is 0.302 e. The maximum absolute atomic E-state index is 12.0. The number of alkyl halides is 1. The molecule has 0 radical (unpaired) electrons. The van der Waals surface area contributed by atoms with Crippen molar-refractivity contribution in [2.75, 3.05) is 65.8 Å². The Balaban J connectivity index is 0.000000787. The number of nitrogens with one attached hydrogen (secondary N) is 2. The molecule has 27 nitrogen and oxygen atoms in total. The SMILES string of the molecule is C1CCOC1.CC(=O)O[C@@H]1CCCC[C@H]1COc1cccc([C@H](O)CCN)c1.CCCC(=O)c1cccc(O)c1.CCCC(=O)c1cccc(OC[C@@H]2CCCC[C@H]2O)c1.CCCC(=O)c1cccc(OC[C@@H]2CCCC[C@H]2OC(C)=O)c1.CCC[C@@H](O)c1cccc(OC[C@@H]2CCCC[C@H]2OC(C)=O)c1.CCO.CCl.Cc1ccc(S(=O)(=O)OC[C@@H]2CCCC[C@H]2O)cc1.N=N.O.[HH]. The summed E-state index contributed by atoms with van der Waals surface area (Å²) in [7, 11) is -3.71. The first-order valence-corrected chi connectivity index (χ1v) is 49.8. The lowest BCUT2D eigenvalue weighted by atomic mass is 9.87. The molecule has 1 saturated heterocycles. The highest BCUT2D eigenvalue weighted by Gasteiger charge is 2.33. The number of hydrogen-bond donors (Lipinski definition) is 9. The summed E-state index contributed by atoms with van der Waals surface area (Å²) < 4.78 is 73.7. The summed E-state index contributed by atoms with van der Waals surface area (Å²) in [6, 6.07) is 42.9. The number of halogens is 1. The van der Waals surface area contributed by atoms with Gasteiger partial charge in [-0.2, -0.15) is 8.42 Å². The molecule has 133 heavy (non-hydrogen) atoms. The van der Waals surface area contributed by atoms with Crippen LogP contribution in [-0.2, 0) is 47.6 Å². The Morgan fingerprint density at radius 3 is 1.09 bits per heavy atom. The van der Waals surface area contributed by atoms with Crippen molar-refractivity contribution in [1.29, 1.82) is 11.1 Å². The van der Waals surface area contributed by atoms with Crippen molar-refractivity contribution in [2.24, 2.45) is 35.3 Å². The second-order valence-corrected chi connectivity index (χ2v) is 35.5. The highest BCUT2D eigenvalue weighted by Crippen LogP contribution is 2.35.